The van der Waals surface area contributed by atoms with Crippen molar-refractivity contribution in [2.45, 2.75) is 45.1 Å². The van der Waals surface area contributed by atoms with Crippen molar-refractivity contribution in [3.63, 3.8) is 0 Å². The van der Waals surface area contributed by atoms with E-state index in [0.717, 1.165) is 24.8 Å². The summed E-state index contributed by atoms with van der Waals surface area (Å²) in [5.74, 6) is -0.578. The van der Waals surface area contributed by atoms with Crippen molar-refractivity contribution in [1.29, 1.82) is 0 Å². The zero-order valence-corrected chi connectivity index (χ0v) is 12.9. The van der Waals surface area contributed by atoms with E-state index in [9.17, 15) is 9.59 Å². The van der Waals surface area contributed by atoms with Gasteiger partial charge in [-0.05, 0) is 30.5 Å². The standard InChI is InChI=1S/C17H19ClO3/c1-11-14(12-5-7-13(18)8-6-12)21-16(20)17(15(11)19)9-3-2-4-10-17/h5-8,11,14H,2-4,9-10H2,1H3/t11-,14-/m0/s1. The number of ketones is 1. The van der Waals surface area contributed by atoms with Gasteiger partial charge in [0.15, 0.2) is 5.78 Å². The maximum Gasteiger partial charge on any atom is 0.320 e. The van der Waals surface area contributed by atoms with Crippen LogP contribution in [0.3, 0.4) is 0 Å². The Morgan fingerprint density at radius 3 is 2.33 bits per heavy atom. The average Bonchev–Trinajstić information content (AvgIpc) is 2.51. The molecule has 21 heavy (non-hydrogen) atoms. The van der Waals surface area contributed by atoms with Crippen molar-refractivity contribution in [3.05, 3.63) is 34.9 Å². The molecule has 1 aromatic carbocycles. The number of hydrogen-bond acceptors (Lipinski definition) is 3. The molecule has 2 atom stereocenters. The number of Topliss-reactive ketones (excluding diaryl/α,β-unsaturated/α-hetero) is 1. The minimum Gasteiger partial charge on any atom is -0.456 e. The summed E-state index contributed by atoms with van der Waals surface area (Å²) in [4.78, 5) is 25.3. The third-order valence-corrected chi connectivity index (χ3v) is 5.12. The van der Waals surface area contributed by atoms with Crippen molar-refractivity contribution < 1.29 is 14.3 Å². The molecule has 1 aliphatic carbocycles. The Morgan fingerprint density at radius 2 is 1.71 bits per heavy atom. The van der Waals surface area contributed by atoms with E-state index < -0.39 is 11.5 Å². The van der Waals surface area contributed by atoms with Crippen LogP contribution in [0.25, 0.3) is 0 Å². The fourth-order valence-electron chi connectivity index (χ4n) is 3.62. The number of carbonyl (C=O) groups excluding carboxylic acids is 2. The number of esters is 1. The third kappa shape index (κ3) is 2.38. The molecule has 0 radical (unpaired) electrons. The molecule has 1 saturated heterocycles. The van der Waals surface area contributed by atoms with E-state index in [1.54, 1.807) is 12.1 Å². The van der Waals surface area contributed by atoms with Gasteiger partial charge in [0, 0.05) is 5.02 Å². The second-order valence-electron chi connectivity index (χ2n) is 6.17. The summed E-state index contributed by atoms with van der Waals surface area (Å²) in [6.07, 6.45) is 3.75. The molecule has 0 bridgehead atoms. The van der Waals surface area contributed by atoms with Crippen molar-refractivity contribution in [3.8, 4) is 0 Å². The van der Waals surface area contributed by atoms with Gasteiger partial charge in [0.2, 0.25) is 0 Å². The van der Waals surface area contributed by atoms with Crippen LogP contribution >= 0.6 is 11.6 Å². The molecule has 2 fully saturated rings. The Hall–Kier alpha value is -1.35. The molecule has 112 valence electrons. The molecule has 1 saturated carbocycles. The number of rotatable bonds is 1. The number of ether oxygens (including phenoxy) is 1. The molecule has 0 amide bonds. The van der Waals surface area contributed by atoms with E-state index in [-0.39, 0.29) is 17.7 Å². The molecule has 0 N–H and O–H groups in total. The topological polar surface area (TPSA) is 43.4 Å². The van der Waals surface area contributed by atoms with Gasteiger partial charge in [-0.2, -0.15) is 0 Å². The van der Waals surface area contributed by atoms with Crippen LogP contribution in [0, 0.1) is 11.3 Å². The Balaban J connectivity index is 1.90. The van der Waals surface area contributed by atoms with Gasteiger partial charge < -0.3 is 4.74 Å². The molecule has 3 rings (SSSR count). The van der Waals surface area contributed by atoms with Gasteiger partial charge in [0.1, 0.15) is 11.5 Å². The number of hydrogen-bond donors (Lipinski definition) is 0. The summed E-state index contributed by atoms with van der Waals surface area (Å²) in [5, 5.41) is 0.628. The highest BCUT2D eigenvalue weighted by atomic mass is 35.5. The summed E-state index contributed by atoms with van der Waals surface area (Å²) < 4.78 is 5.69. The maximum absolute atomic E-state index is 12.8. The minimum atomic E-state index is -0.874. The lowest BCUT2D eigenvalue weighted by Crippen LogP contribution is -2.51. The Kier molecular flexibility index (Phi) is 3.78. The van der Waals surface area contributed by atoms with E-state index in [0.29, 0.717) is 17.9 Å². The second-order valence-corrected chi connectivity index (χ2v) is 6.61. The highest BCUT2D eigenvalue weighted by molar-refractivity contribution is 6.30. The number of cyclic esters (lactones) is 1. The van der Waals surface area contributed by atoms with Crippen LogP contribution in [0.4, 0.5) is 0 Å². The predicted molar refractivity (Wildman–Crippen MR) is 80.0 cm³/mol. The molecule has 0 aromatic heterocycles. The lowest BCUT2D eigenvalue weighted by atomic mass is 9.65. The van der Waals surface area contributed by atoms with Crippen molar-refractivity contribution in [2.75, 3.05) is 0 Å². The van der Waals surface area contributed by atoms with Gasteiger partial charge in [-0.3, -0.25) is 9.59 Å². The fraction of sp³-hybridized carbons (Fsp3) is 0.529. The van der Waals surface area contributed by atoms with E-state index >= 15 is 0 Å². The first-order valence-electron chi connectivity index (χ1n) is 7.55. The lowest BCUT2D eigenvalue weighted by Gasteiger charge is -2.42. The van der Waals surface area contributed by atoms with Crippen LogP contribution in [-0.2, 0) is 14.3 Å². The molecule has 1 aliphatic heterocycles. The SMILES string of the molecule is C[C@@H]1C(=O)C2(CCCCC2)C(=O)O[C@@H]1c1ccc(Cl)cc1. The molecule has 1 aromatic rings. The van der Waals surface area contributed by atoms with Gasteiger partial charge >= 0.3 is 5.97 Å². The summed E-state index contributed by atoms with van der Waals surface area (Å²) in [6, 6.07) is 7.16. The van der Waals surface area contributed by atoms with Crippen molar-refractivity contribution >= 4 is 23.4 Å². The summed E-state index contributed by atoms with van der Waals surface area (Å²) >= 11 is 5.89. The molecule has 4 heteroatoms. The van der Waals surface area contributed by atoms with E-state index in [2.05, 4.69) is 0 Å². The largest absolute Gasteiger partial charge is 0.456 e. The first-order chi connectivity index (χ1) is 10.0. The quantitative estimate of drug-likeness (QED) is 0.579. The Morgan fingerprint density at radius 1 is 1.10 bits per heavy atom. The van der Waals surface area contributed by atoms with E-state index in [1.807, 2.05) is 19.1 Å². The fourth-order valence-corrected chi connectivity index (χ4v) is 3.75. The highest BCUT2D eigenvalue weighted by Crippen LogP contribution is 2.47. The first kappa shape index (κ1) is 14.6. The molecule has 3 nitrogen and oxygen atoms in total. The van der Waals surface area contributed by atoms with Gasteiger partial charge in [-0.15, -0.1) is 0 Å². The van der Waals surface area contributed by atoms with Crippen LogP contribution in [0.5, 0.6) is 0 Å². The van der Waals surface area contributed by atoms with Crippen LogP contribution in [0.1, 0.15) is 50.7 Å². The molecule has 1 spiro atoms. The number of halogens is 1. The second kappa shape index (κ2) is 5.45. The molecular formula is C17H19ClO3. The van der Waals surface area contributed by atoms with Crippen LogP contribution in [-0.4, -0.2) is 11.8 Å². The smallest absolute Gasteiger partial charge is 0.320 e. The van der Waals surface area contributed by atoms with Gasteiger partial charge in [0.05, 0.1) is 5.92 Å². The van der Waals surface area contributed by atoms with E-state index in [4.69, 9.17) is 16.3 Å². The van der Waals surface area contributed by atoms with Gasteiger partial charge in [-0.1, -0.05) is 49.9 Å². The third-order valence-electron chi connectivity index (χ3n) is 4.87. The summed E-state index contributed by atoms with van der Waals surface area (Å²) in [7, 11) is 0. The zero-order chi connectivity index (χ0) is 15.0. The molecule has 0 unspecified atom stereocenters. The lowest BCUT2D eigenvalue weighted by molar-refractivity contribution is -0.183. The summed E-state index contributed by atoms with van der Waals surface area (Å²) in [6.45, 7) is 1.87. The average molecular weight is 307 g/mol. The maximum atomic E-state index is 12.8. The normalized spacial score (nSPS) is 28.5. The van der Waals surface area contributed by atoms with E-state index in [1.165, 1.54) is 0 Å². The minimum absolute atomic E-state index is 0.0541. The van der Waals surface area contributed by atoms with Gasteiger partial charge in [0.25, 0.3) is 0 Å². The monoisotopic (exact) mass is 306 g/mol. The molecular weight excluding hydrogens is 288 g/mol. The van der Waals surface area contributed by atoms with Crippen molar-refractivity contribution in [1.82, 2.24) is 0 Å². The van der Waals surface area contributed by atoms with Crippen LogP contribution in [0.2, 0.25) is 5.02 Å². The van der Waals surface area contributed by atoms with Crippen LogP contribution < -0.4 is 0 Å². The Bertz CT molecular complexity index is 558. The van der Waals surface area contributed by atoms with Gasteiger partial charge in [-0.25, -0.2) is 0 Å². The zero-order valence-electron chi connectivity index (χ0n) is 12.1. The number of benzene rings is 1. The first-order valence-corrected chi connectivity index (χ1v) is 7.93. The van der Waals surface area contributed by atoms with Crippen LogP contribution in [0.15, 0.2) is 24.3 Å². The summed E-state index contributed by atoms with van der Waals surface area (Å²) in [5.41, 5.74) is -0.0418. The Labute approximate surface area is 129 Å². The van der Waals surface area contributed by atoms with Crippen molar-refractivity contribution in [2.24, 2.45) is 11.3 Å². The molecule has 1 heterocycles. The predicted octanol–water partition coefficient (Wildman–Crippen LogP) is 4.09. The highest BCUT2D eigenvalue weighted by Gasteiger charge is 2.55. The molecule has 2 aliphatic rings. The number of carbonyl (C=O) groups is 2.